The maximum atomic E-state index is 11.8. The van der Waals surface area contributed by atoms with E-state index < -0.39 is 0 Å². The summed E-state index contributed by atoms with van der Waals surface area (Å²) >= 11 is 0. The molecule has 0 spiro atoms. The van der Waals surface area contributed by atoms with Gasteiger partial charge in [-0.05, 0) is 103 Å². The largest absolute Gasteiger partial charge is 0.507 e. The topological polar surface area (TPSA) is 29.5 Å². The van der Waals surface area contributed by atoms with Crippen molar-refractivity contribution in [2.45, 2.75) is 99.3 Å². The van der Waals surface area contributed by atoms with E-state index >= 15 is 0 Å². The molecular weight excluding hydrogens is 452 g/mol. The quantitative estimate of drug-likeness (QED) is 0.238. The van der Waals surface area contributed by atoms with Crippen LogP contribution >= 0.6 is 0 Å². The number of unbranched alkanes of at least 4 members (excludes halogenated alkanes) is 3. The number of phenols is 1. The third kappa shape index (κ3) is 8.12. The van der Waals surface area contributed by atoms with Crippen LogP contribution in [0.5, 0.6) is 11.5 Å². The Labute approximate surface area is 226 Å². The average molecular weight is 501 g/mol. The van der Waals surface area contributed by atoms with Gasteiger partial charge < -0.3 is 9.84 Å². The number of rotatable bonds is 14. The molecule has 0 atom stereocenters. The highest BCUT2D eigenvalue weighted by molar-refractivity contribution is 5.85. The lowest BCUT2D eigenvalue weighted by Gasteiger charge is -2.19. The molecule has 3 rings (SSSR count). The molecule has 2 nitrogen and oxygen atoms in total. The summed E-state index contributed by atoms with van der Waals surface area (Å²) < 4.78 is 6.27. The van der Waals surface area contributed by atoms with Crippen LogP contribution in [0.15, 0.2) is 48.5 Å². The Balaban J connectivity index is 2.14. The van der Waals surface area contributed by atoms with Gasteiger partial charge in [0.05, 0.1) is 6.61 Å². The fraction of sp³-hybridized carbons (Fsp3) is 0.486. The summed E-state index contributed by atoms with van der Waals surface area (Å²) in [6.45, 7) is 13.8. The van der Waals surface area contributed by atoms with Gasteiger partial charge in [0.1, 0.15) is 11.5 Å². The molecular formula is C35H48O2. The van der Waals surface area contributed by atoms with Crippen molar-refractivity contribution < 1.29 is 9.84 Å². The predicted molar refractivity (Wildman–Crippen MR) is 160 cm³/mol. The number of hydrogen-bond donors (Lipinski definition) is 1. The second-order valence-corrected chi connectivity index (χ2v) is 11.1. The van der Waals surface area contributed by atoms with Crippen LogP contribution in [0.3, 0.4) is 0 Å². The molecule has 2 heteroatoms. The van der Waals surface area contributed by atoms with Crippen LogP contribution in [0, 0.1) is 12.8 Å². The van der Waals surface area contributed by atoms with Crippen LogP contribution in [-0.4, -0.2) is 11.7 Å². The van der Waals surface area contributed by atoms with Crippen LogP contribution in [0.2, 0.25) is 0 Å². The number of aryl methyl sites for hydroxylation is 4. The average Bonchev–Trinajstić information content (AvgIpc) is 2.89. The normalized spacial score (nSPS) is 11.3. The minimum atomic E-state index is 0.349. The zero-order chi connectivity index (χ0) is 26.8. The van der Waals surface area contributed by atoms with Crippen molar-refractivity contribution in [3.8, 4) is 33.8 Å². The Hall–Kier alpha value is -2.74. The third-order valence-corrected chi connectivity index (χ3v) is 6.98. The minimum Gasteiger partial charge on any atom is -0.507 e. The first kappa shape index (κ1) is 28.8. The minimum absolute atomic E-state index is 0.349. The highest BCUT2D eigenvalue weighted by atomic mass is 16.5. The summed E-state index contributed by atoms with van der Waals surface area (Å²) in [5.74, 6) is 1.63. The first-order valence-electron chi connectivity index (χ1n) is 14.6. The highest BCUT2D eigenvalue weighted by Crippen LogP contribution is 2.43. The summed E-state index contributed by atoms with van der Waals surface area (Å²) in [5, 5.41) is 11.8. The smallest absolute Gasteiger partial charge is 0.131 e. The molecule has 0 aliphatic rings. The third-order valence-electron chi connectivity index (χ3n) is 6.98. The van der Waals surface area contributed by atoms with Crippen LogP contribution in [-0.2, 0) is 19.3 Å². The molecule has 0 amide bonds. The molecule has 0 saturated heterocycles. The van der Waals surface area contributed by atoms with E-state index in [9.17, 15) is 5.11 Å². The van der Waals surface area contributed by atoms with E-state index in [1.165, 1.54) is 42.4 Å². The van der Waals surface area contributed by atoms with Gasteiger partial charge in [0.2, 0.25) is 0 Å². The standard InChI is InChI=1S/C35H48O2/c1-7-10-13-27-16-17-34(37-24-25(4)5)32(23-27)33-19-26(6)18-31(35(33)36)30-21-28(14-11-8-2)20-29(22-30)15-12-9-3/h16-23,25,36H,7-15,24H2,1-6H3. The number of ether oxygens (including phenoxy) is 1. The van der Waals surface area contributed by atoms with Crippen molar-refractivity contribution in [3.05, 3.63) is 70.8 Å². The molecule has 200 valence electrons. The predicted octanol–water partition coefficient (Wildman–Crippen LogP) is 10.1. The Kier molecular flexibility index (Phi) is 11.1. The monoisotopic (exact) mass is 500 g/mol. The Morgan fingerprint density at radius 3 is 1.81 bits per heavy atom. The van der Waals surface area contributed by atoms with Crippen LogP contribution < -0.4 is 4.74 Å². The molecule has 0 radical (unpaired) electrons. The van der Waals surface area contributed by atoms with Crippen molar-refractivity contribution in [3.63, 3.8) is 0 Å². The molecule has 3 aromatic carbocycles. The van der Waals surface area contributed by atoms with Crippen LogP contribution in [0.25, 0.3) is 22.3 Å². The lowest BCUT2D eigenvalue weighted by Crippen LogP contribution is -2.06. The van der Waals surface area contributed by atoms with Crippen LogP contribution in [0.4, 0.5) is 0 Å². The molecule has 0 bridgehead atoms. The van der Waals surface area contributed by atoms with Gasteiger partial charge in [-0.15, -0.1) is 0 Å². The van der Waals surface area contributed by atoms with E-state index in [0.29, 0.717) is 18.3 Å². The van der Waals surface area contributed by atoms with Crippen molar-refractivity contribution in [2.75, 3.05) is 6.61 Å². The van der Waals surface area contributed by atoms with Gasteiger partial charge in [0, 0.05) is 16.7 Å². The molecule has 0 heterocycles. The van der Waals surface area contributed by atoms with E-state index in [1.54, 1.807) is 0 Å². The molecule has 0 unspecified atom stereocenters. The van der Waals surface area contributed by atoms with E-state index in [2.05, 4.69) is 90.1 Å². The van der Waals surface area contributed by atoms with E-state index in [-0.39, 0.29) is 0 Å². The summed E-state index contributed by atoms with van der Waals surface area (Å²) in [5.41, 5.74) is 9.07. The summed E-state index contributed by atoms with van der Waals surface area (Å²) in [7, 11) is 0. The lowest BCUT2D eigenvalue weighted by atomic mass is 9.90. The SMILES string of the molecule is CCCCc1cc(CCCC)cc(-c2cc(C)cc(-c3cc(CCCC)ccc3OCC(C)C)c2O)c1. The zero-order valence-electron chi connectivity index (χ0n) is 24.1. The Morgan fingerprint density at radius 2 is 1.24 bits per heavy atom. The maximum Gasteiger partial charge on any atom is 0.131 e. The lowest BCUT2D eigenvalue weighted by molar-refractivity contribution is 0.272. The van der Waals surface area contributed by atoms with Gasteiger partial charge in [-0.3, -0.25) is 0 Å². The Morgan fingerprint density at radius 1 is 0.676 bits per heavy atom. The first-order valence-corrected chi connectivity index (χ1v) is 14.6. The second-order valence-electron chi connectivity index (χ2n) is 11.1. The molecule has 3 aromatic rings. The van der Waals surface area contributed by atoms with Crippen molar-refractivity contribution in [2.24, 2.45) is 5.92 Å². The summed E-state index contributed by atoms with van der Waals surface area (Å²) in [6, 6.07) is 17.7. The number of aromatic hydroxyl groups is 1. The van der Waals surface area contributed by atoms with E-state index in [1.807, 2.05) is 0 Å². The van der Waals surface area contributed by atoms with E-state index in [0.717, 1.165) is 65.7 Å². The first-order chi connectivity index (χ1) is 17.9. The number of hydrogen-bond acceptors (Lipinski definition) is 2. The molecule has 0 aromatic heterocycles. The molecule has 0 aliphatic carbocycles. The molecule has 0 aliphatic heterocycles. The van der Waals surface area contributed by atoms with Gasteiger partial charge >= 0.3 is 0 Å². The molecule has 0 fully saturated rings. The number of phenolic OH excluding ortho intramolecular Hbond substituents is 1. The zero-order valence-corrected chi connectivity index (χ0v) is 24.1. The summed E-state index contributed by atoms with van der Waals surface area (Å²) in [6.07, 6.45) is 10.2. The van der Waals surface area contributed by atoms with Gasteiger partial charge in [-0.25, -0.2) is 0 Å². The van der Waals surface area contributed by atoms with Gasteiger partial charge in [0.25, 0.3) is 0 Å². The fourth-order valence-electron chi connectivity index (χ4n) is 4.88. The van der Waals surface area contributed by atoms with Crippen molar-refractivity contribution in [1.82, 2.24) is 0 Å². The van der Waals surface area contributed by atoms with Gasteiger partial charge in [-0.2, -0.15) is 0 Å². The highest BCUT2D eigenvalue weighted by Gasteiger charge is 2.18. The number of benzene rings is 3. The molecule has 0 saturated carbocycles. The molecule has 1 N–H and O–H groups in total. The fourth-order valence-corrected chi connectivity index (χ4v) is 4.88. The van der Waals surface area contributed by atoms with Crippen LogP contribution in [0.1, 0.15) is 95.4 Å². The summed E-state index contributed by atoms with van der Waals surface area (Å²) in [4.78, 5) is 0. The van der Waals surface area contributed by atoms with Gasteiger partial charge in [-0.1, -0.05) is 78.1 Å². The van der Waals surface area contributed by atoms with E-state index in [4.69, 9.17) is 4.74 Å². The van der Waals surface area contributed by atoms with Crippen molar-refractivity contribution in [1.29, 1.82) is 0 Å². The van der Waals surface area contributed by atoms with Crippen molar-refractivity contribution >= 4 is 0 Å². The maximum absolute atomic E-state index is 11.8. The second kappa shape index (κ2) is 14.3. The molecule has 37 heavy (non-hydrogen) atoms. The van der Waals surface area contributed by atoms with Gasteiger partial charge in [0.15, 0.2) is 0 Å². The Bertz CT molecular complexity index is 1120.